The molecule has 0 aliphatic carbocycles. The molecule has 1 unspecified atom stereocenters. The average molecular weight is 857 g/mol. The maximum atomic E-state index is 14.5. The summed E-state index contributed by atoms with van der Waals surface area (Å²) in [5, 5.41) is 11.5. The van der Waals surface area contributed by atoms with Gasteiger partial charge in [0, 0.05) is 16.7 Å². The van der Waals surface area contributed by atoms with Crippen LogP contribution in [-0.2, 0) is 28.7 Å². The van der Waals surface area contributed by atoms with Gasteiger partial charge in [0.15, 0.2) is 23.1 Å². The van der Waals surface area contributed by atoms with Crippen molar-refractivity contribution in [1.29, 1.82) is 0 Å². The number of esters is 2. The number of anilines is 1. The van der Waals surface area contributed by atoms with Gasteiger partial charge in [-0.15, -0.1) is 23.1 Å². The summed E-state index contributed by atoms with van der Waals surface area (Å²) >= 11 is 2.42. The lowest BCUT2D eigenvalue weighted by Crippen LogP contribution is -2.71. The van der Waals surface area contributed by atoms with Gasteiger partial charge in [-0.2, -0.15) is 0 Å². The number of rotatable bonds is 15. The van der Waals surface area contributed by atoms with Gasteiger partial charge >= 0.3 is 11.9 Å². The highest BCUT2D eigenvalue weighted by molar-refractivity contribution is 8.00. The zero-order valence-corrected chi connectivity index (χ0v) is 33.9. The van der Waals surface area contributed by atoms with Gasteiger partial charge in [0.25, 0.3) is 17.7 Å². The molecule has 2 aliphatic heterocycles. The van der Waals surface area contributed by atoms with E-state index in [1.54, 1.807) is 5.38 Å². The van der Waals surface area contributed by atoms with Crippen molar-refractivity contribution in [3.05, 3.63) is 178 Å². The number of nitrogens with zero attached hydrogens (tertiary/aromatic N) is 4. The highest BCUT2D eigenvalue weighted by atomic mass is 32.2. The fourth-order valence-electron chi connectivity index (χ4n) is 6.77. The standard InChI is InChI=1S/C44H36N6O9S2/c1-55-49-34(31-25-61-44(45)46-31)39(51)47-35-40(52)50-36(43(54)58-38(28-18-10-4-11-19-28)29-20-12-5-13-21-29)30(24-60-41(35)50)23-56-33-22-32(59-48-33)42(53)57-37(26-14-6-2-7-15-26)27-16-8-3-9-17-27/h2-22,25,35,37-38,41H,23-24H2,1H3,(H2,45,46)(H,47,51)/b49-34-/t35?,41-/m1/s1. The number of oxime groups is 1. The van der Waals surface area contributed by atoms with Gasteiger partial charge in [0.1, 0.15) is 36.5 Å². The summed E-state index contributed by atoms with van der Waals surface area (Å²) in [6.07, 6.45) is -1.55. The van der Waals surface area contributed by atoms with Crippen LogP contribution in [0.25, 0.3) is 0 Å². The fourth-order valence-corrected chi connectivity index (χ4v) is 8.64. The normalized spacial score (nSPS) is 16.1. The Balaban J connectivity index is 1.04. The molecule has 2 atom stereocenters. The predicted octanol–water partition coefficient (Wildman–Crippen LogP) is 6.08. The number of thioether (sulfide) groups is 1. The second-order valence-electron chi connectivity index (χ2n) is 13.5. The number of carbonyl (C=O) groups is 4. The molecule has 17 heteroatoms. The van der Waals surface area contributed by atoms with Gasteiger partial charge in [-0.3, -0.25) is 14.5 Å². The number of fused-ring (bicyclic) bond motifs is 1. The lowest BCUT2D eigenvalue weighted by Gasteiger charge is -2.49. The van der Waals surface area contributed by atoms with E-state index in [1.807, 2.05) is 121 Å². The molecule has 4 aromatic carbocycles. The number of benzene rings is 4. The Morgan fingerprint density at radius 3 is 1.90 bits per heavy atom. The number of nitrogens with two attached hydrogens (primary N) is 1. The lowest BCUT2D eigenvalue weighted by molar-refractivity contribution is -0.154. The molecule has 0 bridgehead atoms. The molecule has 308 valence electrons. The third kappa shape index (κ3) is 8.88. The first-order valence-corrected chi connectivity index (χ1v) is 20.7. The predicted molar refractivity (Wildman–Crippen MR) is 225 cm³/mol. The van der Waals surface area contributed by atoms with Gasteiger partial charge in [0.2, 0.25) is 5.76 Å². The second kappa shape index (κ2) is 18.4. The molecule has 4 heterocycles. The van der Waals surface area contributed by atoms with E-state index in [0.717, 1.165) is 22.5 Å². The highest BCUT2D eigenvalue weighted by Crippen LogP contribution is 2.42. The minimum atomic E-state index is -1.04. The van der Waals surface area contributed by atoms with Crippen molar-refractivity contribution in [3.8, 4) is 5.88 Å². The van der Waals surface area contributed by atoms with E-state index in [0.29, 0.717) is 16.7 Å². The maximum absolute atomic E-state index is 14.5. The first kappa shape index (κ1) is 40.5. The van der Waals surface area contributed by atoms with Gasteiger partial charge in [-0.25, -0.2) is 14.6 Å². The summed E-state index contributed by atoms with van der Waals surface area (Å²) in [7, 11) is 1.28. The molecular weight excluding hydrogens is 821 g/mol. The van der Waals surface area contributed by atoms with Crippen LogP contribution in [0.2, 0.25) is 0 Å². The van der Waals surface area contributed by atoms with E-state index in [-0.39, 0.29) is 46.2 Å². The van der Waals surface area contributed by atoms with Crippen molar-refractivity contribution >= 4 is 57.7 Å². The van der Waals surface area contributed by atoms with Crippen molar-refractivity contribution in [2.75, 3.05) is 25.2 Å². The van der Waals surface area contributed by atoms with Crippen LogP contribution in [0.4, 0.5) is 5.13 Å². The number of aromatic nitrogens is 2. The topological polar surface area (TPSA) is 198 Å². The zero-order chi connectivity index (χ0) is 42.3. The van der Waals surface area contributed by atoms with Crippen LogP contribution < -0.4 is 15.8 Å². The van der Waals surface area contributed by atoms with Crippen LogP contribution >= 0.6 is 23.1 Å². The minimum Gasteiger partial charge on any atom is -0.471 e. The van der Waals surface area contributed by atoms with Gasteiger partial charge in [-0.05, 0) is 27.4 Å². The fraction of sp³-hybridized carbons (Fsp3) is 0.159. The summed E-state index contributed by atoms with van der Waals surface area (Å²) in [5.74, 6) is -2.94. The number of amides is 2. The van der Waals surface area contributed by atoms with Crippen LogP contribution in [-0.4, -0.2) is 75.4 Å². The summed E-state index contributed by atoms with van der Waals surface area (Å²) < 4.78 is 23.5. The van der Waals surface area contributed by atoms with Crippen molar-refractivity contribution in [1.82, 2.24) is 20.4 Å². The average Bonchev–Trinajstić information content (AvgIpc) is 3.97. The number of ether oxygens (including phenoxy) is 3. The van der Waals surface area contributed by atoms with Gasteiger partial charge in [0.05, 0.1) is 6.07 Å². The Kier molecular flexibility index (Phi) is 12.2. The highest BCUT2D eigenvalue weighted by Gasteiger charge is 2.55. The van der Waals surface area contributed by atoms with Gasteiger partial charge < -0.3 is 34.6 Å². The quantitative estimate of drug-likeness (QED) is 0.0523. The van der Waals surface area contributed by atoms with E-state index in [9.17, 15) is 19.2 Å². The molecular formula is C44H36N6O9S2. The number of nitrogens with one attached hydrogen (secondary N) is 1. The van der Waals surface area contributed by atoms with Crippen LogP contribution in [0.5, 0.6) is 5.88 Å². The Morgan fingerprint density at radius 1 is 0.852 bits per heavy atom. The Morgan fingerprint density at radius 2 is 1.39 bits per heavy atom. The van der Waals surface area contributed by atoms with Crippen LogP contribution in [0, 0.1) is 0 Å². The molecule has 0 spiro atoms. The monoisotopic (exact) mass is 856 g/mol. The van der Waals surface area contributed by atoms with Crippen molar-refractivity contribution in [3.63, 3.8) is 0 Å². The van der Waals surface area contributed by atoms with Crippen LogP contribution in [0.1, 0.15) is 50.7 Å². The zero-order valence-electron chi connectivity index (χ0n) is 32.3. The molecule has 1 saturated heterocycles. The number of hydrogen-bond acceptors (Lipinski definition) is 15. The van der Waals surface area contributed by atoms with E-state index in [2.05, 4.69) is 20.6 Å². The second-order valence-corrected chi connectivity index (χ2v) is 15.5. The molecule has 8 rings (SSSR count). The Bertz CT molecular complexity index is 2510. The summed E-state index contributed by atoms with van der Waals surface area (Å²) in [5.41, 5.74) is 9.06. The first-order valence-electron chi connectivity index (χ1n) is 18.8. The number of β-lactam (4-membered cyclic amide) rings is 1. The molecule has 6 aromatic rings. The molecule has 61 heavy (non-hydrogen) atoms. The SMILES string of the molecule is CO/N=C(\C(=O)NC1C(=O)N2C(C(=O)OC(c3ccccc3)c3ccccc3)=C(COc3cc(C(=O)OC(c4ccccc4)c4ccccc4)on3)CS[C@H]12)c1csc(N)n1. The Labute approximate surface area is 357 Å². The van der Waals surface area contributed by atoms with Crippen molar-refractivity contribution in [2.24, 2.45) is 5.16 Å². The van der Waals surface area contributed by atoms with E-state index in [4.69, 9.17) is 29.3 Å². The van der Waals surface area contributed by atoms with E-state index < -0.39 is 47.4 Å². The minimum absolute atomic E-state index is 0.0501. The molecule has 2 aliphatic rings. The third-order valence-electron chi connectivity index (χ3n) is 9.63. The lowest BCUT2D eigenvalue weighted by atomic mass is 10.0. The van der Waals surface area contributed by atoms with Gasteiger partial charge in [-0.1, -0.05) is 126 Å². The number of nitrogen functional groups attached to an aromatic ring is 1. The third-order valence-corrected chi connectivity index (χ3v) is 11.6. The smallest absolute Gasteiger partial charge is 0.378 e. The summed E-state index contributed by atoms with van der Waals surface area (Å²) in [6, 6.07) is 37.3. The molecule has 15 nitrogen and oxygen atoms in total. The molecule has 1 fully saturated rings. The largest absolute Gasteiger partial charge is 0.471 e. The summed E-state index contributed by atoms with van der Waals surface area (Å²) in [4.78, 5) is 65.7. The van der Waals surface area contributed by atoms with E-state index >= 15 is 0 Å². The van der Waals surface area contributed by atoms with E-state index in [1.165, 1.54) is 29.8 Å². The van der Waals surface area contributed by atoms with Crippen LogP contribution in [0.3, 0.4) is 0 Å². The molecule has 2 amide bonds. The van der Waals surface area contributed by atoms with Crippen LogP contribution in [0.15, 0.2) is 154 Å². The van der Waals surface area contributed by atoms with Crippen molar-refractivity contribution in [2.45, 2.75) is 23.6 Å². The molecule has 0 radical (unpaired) electrons. The molecule has 0 saturated carbocycles. The Hall–Kier alpha value is -7.24. The number of thiazole rings is 1. The first-order chi connectivity index (χ1) is 29.8. The van der Waals surface area contributed by atoms with Crippen molar-refractivity contribution < 1.29 is 42.7 Å². The number of hydrogen-bond donors (Lipinski definition) is 2. The number of carbonyl (C=O) groups excluding carboxylic acids is 4. The maximum Gasteiger partial charge on any atom is 0.378 e. The molecule has 3 N–H and O–H groups in total. The molecule has 2 aromatic heterocycles. The summed E-state index contributed by atoms with van der Waals surface area (Å²) in [6.45, 7) is -0.236.